The molecule has 1 atom stereocenters. The van der Waals surface area contributed by atoms with Crippen molar-refractivity contribution in [3.05, 3.63) is 63.9 Å². The average Bonchev–Trinajstić information content (AvgIpc) is 3.04. The minimum atomic E-state index is -0.240. The molecular formula is C17H17NO2S. The summed E-state index contributed by atoms with van der Waals surface area (Å²) in [5.41, 5.74) is 2.28. The molecule has 1 unspecified atom stereocenters. The Morgan fingerprint density at radius 1 is 1.33 bits per heavy atom. The van der Waals surface area contributed by atoms with E-state index in [0.29, 0.717) is 6.54 Å². The normalized spacial score (nSPS) is 18.0. The average molecular weight is 299 g/mol. The quantitative estimate of drug-likeness (QED) is 0.885. The molecule has 0 bridgehead atoms. The second-order valence-corrected chi connectivity index (χ2v) is 6.01. The second kappa shape index (κ2) is 6.24. The molecule has 1 N–H and O–H groups in total. The molecule has 21 heavy (non-hydrogen) atoms. The highest BCUT2D eigenvalue weighted by atomic mass is 32.1. The van der Waals surface area contributed by atoms with E-state index in [-0.39, 0.29) is 18.6 Å². The molecule has 1 amide bonds. The number of carbonyl (C=O) groups excluding carboxylic acids is 1. The van der Waals surface area contributed by atoms with E-state index in [2.05, 4.69) is 6.07 Å². The van der Waals surface area contributed by atoms with Gasteiger partial charge in [0.05, 0.1) is 12.6 Å². The van der Waals surface area contributed by atoms with Gasteiger partial charge in [0, 0.05) is 17.5 Å². The maximum Gasteiger partial charge on any atom is 0.247 e. The van der Waals surface area contributed by atoms with Crippen LogP contribution in [0.25, 0.3) is 6.08 Å². The molecule has 0 spiro atoms. The third-order valence-corrected chi connectivity index (χ3v) is 4.64. The summed E-state index contributed by atoms with van der Waals surface area (Å²) >= 11 is 1.60. The summed E-state index contributed by atoms with van der Waals surface area (Å²) in [6, 6.07) is 11.7. The summed E-state index contributed by atoms with van der Waals surface area (Å²) in [6.07, 6.45) is 4.27. The van der Waals surface area contributed by atoms with Gasteiger partial charge in [-0.15, -0.1) is 11.3 Å². The zero-order chi connectivity index (χ0) is 14.7. The number of carbonyl (C=O) groups is 1. The number of thiophene rings is 1. The largest absolute Gasteiger partial charge is 0.394 e. The highest BCUT2D eigenvalue weighted by molar-refractivity contribution is 7.10. The summed E-state index contributed by atoms with van der Waals surface area (Å²) in [6.45, 7) is 0.603. The molecule has 0 aliphatic carbocycles. The van der Waals surface area contributed by atoms with Crippen molar-refractivity contribution >= 4 is 23.3 Å². The predicted molar refractivity (Wildman–Crippen MR) is 85.0 cm³/mol. The Labute approximate surface area is 128 Å². The molecule has 0 saturated heterocycles. The van der Waals surface area contributed by atoms with Gasteiger partial charge in [-0.25, -0.2) is 0 Å². The molecule has 1 aliphatic heterocycles. The highest BCUT2D eigenvalue weighted by Gasteiger charge is 2.28. The van der Waals surface area contributed by atoms with Gasteiger partial charge < -0.3 is 10.0 Å². The van der Waals surface area contributed by atoms with Crippen LogP contribution in [-0.2, 0) is 11.2 Å². The number of fused-ring (bicyclic) bond motifs is 1. The summed E-state index contributed by atoms with van der Waals surface area (Å²) in [5, 5.41) is 11.7. The monoisotopic (exact) mass is 299 g/mol. The van der Waals surface area contributed by atoms with Crippen molar-refractivity contribution < 1.29 is 9.90 Å². The van der Waals surface area contributed by atoms with Gasteiger partial charge in [-0.05, 0) is 35.1 Å². The van der Waals surface area contributed by atoms with E-state index in [4.69, 9.17) is 0 Å². The van der Waals surface area contributed by atoms with Gasteiger partial charge >= 0.3 is 0 Å². The first-order valence-corrected chi connectivity index (χ1v) is 7.88. The Balaban J connectivity index is 1.81. The van der Waals surface area contributed by atoms with Gasteiger partial charge in [0.25, 0.3) is 0 Å². The van der Waals surface area contributed by atoms with Gasteiger partial charge in [0.15, 0.2) is 0 Å². The maximum atomic E-state index is 12.4. The number of benzene rings is 1. The molecule has 0 radical (unpaired) electrons. The van der Waals surface area contributed by atoms with Gasteiger partial charge in [0.2, 0.25) is 5.91 Å². The Hall–Kier alpha value is -1.91. The minimum absolute atomic E-state index is 0.0445. The number of hydrogen-bond acceptors (Lipinski definition) is 3. The second-order valence-electron chi connectivity index (χ2n) is 5.03. The molecule has 4 heteroatoms. The fraction of sp³-hybridized carbons (Fsp3) is 0.235. The van der Waals surface area contributed by atoms with Gasteiger partial charge in [0.1, 0.15) is 0 Å². The van der Waals surface area contributed by atoms with Crippen LogP contribution < -0.4 is 0 Å². The van der Waals surface area contributed by atoms with Crippen molar-refractivity contribution in [3.63, 3.8) is 0 Å². The van der Waals surface area contributed by atoms with Crippen molar-refractivity contribution in [2.45, 2.75) is 12.5 Å². The third kappa shape index (κ3) is 2.91. The first kappa shape index (κ1) is 14.0. The van der Waals surface area contributed by atoms with E-state index in [0.717, 1.165) is 16.9 Å². The van der Waals surface area contributed by atoms with Crippen LogP contribution >= 0.6 is 11.3 Å². The van der Waals surface area contributed by atoms with Crippen molar-refractivity contribution in [3.8, 4) is 0 Å². The number of rotatable bonds is 3. The molecular weight excluding hydrogens is 282 g/mol. The molecule has 0 saturated carbocycles. The lowest BCUT2D eigenvalue weighted by atomic mass is 9.93. The first-order chi connectivity index (χ1) is 10.3. The van der Waals surface area contributed by atoms with Gasteiger partial charge in [-0.2, -0.15) is 0 Å². The van der Waals surface area contributed by atoms with Crippen LogP contribution in [0.5, 0.6) is 0 Å². The molecule has 3 rings (SSSR count). The fourth-order valence-corrected chi connectivity index (χ4v) is 3.37. The summed E-state index contributed by atoms with van der Waals surface area (Å²) in [7, 11) is 0. The van der Waals surface area contributed by atoms with E-state index in [1.165, 1.54) is 5.56 Å². The Morgan fingerprint density at radius 3 is 2.95 bits per heavy atom. The molecule has 0 fully saturated rings. The Morgan fingerprint density at radius 2 is 2.19 bits per heavy atom. The SMILES string of the molecule is O=C(/C=C/c1cccs1)N1CCc2ccccc2C1CO. The van der Waals surface area contributed by atoms with Crippen molar-refractivity contribution in [2.24, 2.45) is 0 Å². The van der Waals surface area contributed by atoms with E-state index in [1.807, 2.05) is 41.8 Å². The molecule has 2 heterocycles. The predicted octanol–water partition coefficient (Wildman–Crippen LogP) is 2.88. The van der Waals surface area contributed by atoms with Crippen LogP contribution in [0, 0.1) is 0 Å². The Kier molecular flexibility index (Phi) is 4.18. The van der Waals surface area contributed by atoms with Gasteiger partial charge in [-0.3, -0.25) is 4.79 Å². The minimum Gasteiger partial charge on any atom is -0.394 e. The van der Waals surface area contributed by atoms with E-state index >= 15 is 0 Å². The van der Waals surface area contributed by atoms with Crippen LogP contribution in [0.1, 0.15) is 22.0 Å². The Bertz CT molecular complexity index is 649. The van der Waals surface area contributed by atoms with E-state index in [9.17, 15) is 9.90 Å². The maximum absolute atomic E-state index is 12.4. The summed E-state index contributed by atoms with van der Waals surface area (Å²) in [5.74, 6) is -0.0445. The van der Waals surface area contributed by atoms with Crippen LogP contribution in [0.3, 0.4) is 0 Å². The van der Waals surface area contributed by atoms with Crippen molar-refractivity contribution in [2.75, 3.05) is 13.2 Å². The number of nitrogens with zero attached hydrogens (tertiary/aromatic N) is 1. The standard InChI is InChI=1S/C17H17NO2S/c19-12-16-15-6-2-1-4-13(15)9-10-18(16)17(20)8-7-14-5-3-11-21-14/h1-8,11,16,19H,9-10,12H2/b8-7+. The molecule has 1 aliphatic rings. The third-order valence-electron chi connectivity index (χ3n) is 3.80. The highest BCUT2D eigenvalue weighted by Crippen LogP contribution is 2.29. The lowest BCUT2D eigenvalue weighted by molar-refractivity contribution is -0.129. The fourth-order valence-electron chi connectivity index (χ4n) is 2.75. The number of aliphatic hydroxyl groups excluding tert-OH is 1. The summed E-state index contributed by atoms with van der Waals surface area (Å²) in [4.78, 5) is 15.2. The van der Waals surface area contributed by atoms with Gasteiger partial charge in [-0.1, -0.05) is 30.3 Å². The molecule has 2 aromatic rings. The number of aliphatic hydroxyl groups is 1. The zero-order valence-electron chi connectivity index (χ0n) is 11.6. The van der Waals surface area contributed by atoms with E-state index in [1.54, 1.807) is 22.3 Å². The summed E-state index contributed by atoms with van der Waals surface area (Å²) < 4.78 is 0. The number of hydrogen-bond donors (Lipinski definition) is 1. The van der Waals surface area contributed by atoms with Crippen LogP contribution in [0.15, 0.2) is 47.9 Å². The first-order valence-electron chi connectivity index (χ1n) is 7.00. The molecule has 1 aromatic heterocycles. The van der Waals surface area contributed by atoms with Crippen LogP contribution in [0.4, 0.5) is 0 Å². The topological polar surface area (TPSA) is 40.5 Å². The molecule has 1 aromatic carbocycles. The van der Waals surface area contributed by atoms with Crippen LogP contribution in [0.2, 0.25) is 0 Å². The van der Waals surface area contributed by atoms with Crippen LogP contribution in [-0.4, -0.2) is 29.1 Å². The smallest absolute Gasteiger partial charge is 0.247 e. The molecule has 3 nitrogen and oxygen atoms in total. The van der Waals surface area contributed by atoms with Crippen molar-refractivity contribution in [1.82, 2.24) is 4.90 Å². The lowest BCUT2D eigenvalue weighted by Gasteiger charge is -2.35. The number of amides is 1. The zero-order valence-corrected chi connectivity index (χ0v) is 12.4. The molecule has 108 valence electrons. The van der Waals surface area contributed by atoms with E-state index < -0.39 is 0 Å². The van der Waals surface area contributed by atoms with Crippen molar-refractivity contribution in [1.29, 1.82) is 0 Å². The lowest BCUT2D eigenvalue weighted by Crippen LogP contribution is -2.40.